The molecule has 0 spiro atoms. The van der Waals surface area contributed by atoms with Gasteiger partial charge in [-0.3, -0.25) is 9.59 Å². The number of ether oxygens (including phenoxy) is 2. The maximum absolute atomic E-state index is 13.1. The average Bonchev–Trinajstić information content (AvgIpc) is 3.15. The van der Waals surface area contributed by atoms with Crippen molar-refractivity contribution in [3.8, 4) is 11.5 Å². The van der Waals surface area contributed by atoms with E-state index < -0.39 is 0 Å². The van der Waals surface area contributed by atoms with Crippen molar-refractivity contribution in [2.75, 3.05) is 6.79 Å². The second kappa shape index (κ2) is 6.67. The van der Waals surface area contributed by atoms with Crippen LogP contribution in [0, 0.1) is 0 Å². The molecule has 28 heavy (non-hydrogen) atoms. The Balaban J connectivity index is 1.53. The molecular weight excluding hydrogens is 378 g/mol. The van der Waals surface area contributed by atoms with Gasteiger partial charge in [0, 0.05) is 35.1 Å². The standard InChI is InChI=1S/C22H18ClNO4/c23-16-4-2-1-3-14(16)13-7-17-22(18(25)8-13)15(10-21(26)24-17)12-5-6-19-20(9-12)28-11-27-19/h1-6,9,13,15H,7-8,10-11H2,(H,24,26)/t13-,15+/m1/s1. The van der Waals surface area contributed by atoms with Gasteiger partial charge in [0.15, 0.2) is 17.3 Å². The second-order valence-corrected chi connectivity index (χ2v) is 7.77. The molecular formula is C22H18ClNO4. The number of hydrogen-bond donors (Lipinski definition) is 1. The van der Waals surface area contributed by atoms with Crippen molar-refractivity contribution < 1.29 is 19.1 Å². The monoisotopic (exact) mass is 395 g/mol. The van der Waals surface area contributed by atoms with E-state index in [1.54, 1.807) is 0 Å². The third kappa shape index (κ3) is 2.87. The van der Waals surface area contributed by atoms with Crippen LogP contribution in [-0.4, -0.2) is 18.5 Å². The van der Waals surface area contributed by atoms with Gasteiger partial charge in [-0.15, -0.1) is 0 Å². The lowest BCUT2D eigenvalue weighted by molar-refractivity contribution is -0.122. The molecule has 0 fully saturated rings. The molecule has 0 saturated carbocycles. The van der Waals surface area contributed by atoms with Crippen molar-refractivity contribution in [3.05, 3.63) is 69.9 Å². The van der Waals surface area contributed by atoms with Gasteiger partial charge < -0.3 is 14.8 Å². The van der Waals surface area contributed by atoms with Crippen LogP contribution < -0.4 is 14.8 Å². The molecule has 1 aliphatic carbocycles. The minimum absolute atomic E-state index is 0.0317. The first kappa shape index (κ1) is 17.3. The topological polar surface area (TPSA) is 64.6 Å². The Bertz CT molecular complexity index is 1030. The van der Waals surface area contributed by atoms with Crippen LogP contribution in [-0.2, 0) is 9.59 Å². The van der Waals surface area contributed by atoms with Crippen LogP contribution in [0.25, 0.3) is 0 Å². The lowest BCUT2D eigenvalue weighted by atomic mass is 9.73. The molecule has 2 aromatic rings. The van der Waals surface area contributed by atoms with Crippen molar-refractivity contribution >= 4 is 23.3 Å². The third-order valence-electron chi connectivity index (χ3n) is 5.68. The minimum Gasteiger partial charge on any atom is -0.454 e. The molecule has 2 heterocycles. The Labute approximate surface area is 167 Å². The van der Waals surface area contributed by atoms with Gasteiger partial charge in [0.25, 0.3) is 0 Å². The number of carbonyl (C=O) groups excluding carboxylic acids is 2. The van der Waals surface area contributed by atoms with Crippen LogP contribution in [0.1, 0.15) is 42.2 Å². The van der Waals surface area contributed by atoms with Crippen LogP contribution in [0.5, 0.6) is 11.5 Å². The predicted molar refractivity (Wildman–Crippen MR) is 104 cm³/mol. The number of carbonyl (C=O) groups is 2. The molecule has 0 radical (unpaired) electrons. The van der Waals surface area contributed by atoms with Gasteiger partial charge in [0.2, 0.25) is 12.7 Å². The van der Waals surface area contributed by atoms with Gasteiger partial charge in [-0.25, -0.2) is 0 Å². The van der Waals surface area contributed by atoms with Gasteiger partial charge in [0.1, 0.15) is 0 Å². The summed E-state index contributed by atoms with van der Waals surface area (Å²) in [5.41, 5.74) is 3.28. The highest BCUT2D eigenvalue weighted by atomic mass is 35.5. The molecule has 5 rings (SSSR count). The van der Waals surface area contributed by atoms with E-state index in [9.17, 15) is 9.59 Å². The Kier molecular flexibility index (Phi) is 4.13. The Morgan fingerprint density at radius 3 is 2.64 bits per heavy atom. The van der Waals surface area contributed by atoms with Gasteiger partial charge in [0.05, 0.1) is 0 Å². The van der Waals surface area contributed by atoms with E-state index in [1.807, 2.05) is 42.5 Å². The fourth-order valence-electron chi connectivity index (χ4n) is 4.40. The predicted octanol–water partition coefficient (Wildman–Crippen LogP) is 4.07. The fourth-order valence-corrected chi connectivity index (χ4v) is 4.69. The van der Waals surface area contributed by atoms with Crippen molar-refractivity contribution in [2.45, 2.75) is 31.1 Å². The maximum atomic E-state index is 13.1. The zero-order valence-corrected chi connectivity index (χ0v) is 15.8. The van der Waals surface area contributed by atoms with E-state index in [0.717, 1.165) is 16.8 Å². The molecule has 3 aliphatic rings. The summed E-state index contributed by atoms with van der Waals surface area (Å²) in [6.45, 7) is 0.191. The summed E-state index contributed by atoms with van der Waals surface area (Å²) in [6.07, 6.45) is 1.23. The third-order valence-corrected chi connectivity index (χ3v) is 6.02. The van der Waals surface area contributed by atoms with E-state index in [1.165, 1.54) is 0 Å². The molecule has 2 atom stereocenters. The molecule has 0 unspecified atom stereocenters. The molecule has 2 aromatic carbocycles. The van der Waals surface area contributed by atoms with Crippen molar-refractivity contribution in [2.24, 2.45) is 0 Å². The molecule has 1 amide bonds. The quantitative estimate of drug-likeness (QED) is 0.832. The van der Waals surface area contributed by atoms with Crippen molar-refractivity contribution in [1.82, 2.24) is 5.32 Å². The molecule has 1 N–H and O–H groups in total. The smallest absolute Gasteiger partial charge is 0.231 e. The first-order valence-corrected chi connectivity index (χ1v) is 9.68. The number of nitrogens with one attached hydrogen (secondary N) is 1. The number of ketones is 1. The lowest BCUT2D eigenvalue weighted by Crippen LogP contribution is -2.38. The van der Waals surface area contributed by atoms with Crippen LogP contribution in [0.2, 0.25) is 5.02 Å². The molecule has 0 saturated heterocycles. The largest absolute Gasteiger partial charge is 0.454 e. The molecule has 142 valence electrons. The molecule has 6 heteroatoms. The summed E-state index contributed by atoms with van der Waals surface area (Å²) in [7, 11) is 0. The Morgan fingerprint density at radius 2 is 1.79 bits per heavy atom. The first-order valence-electron chi connectivity index (χ1n) is 9.30. The van der Waals surface area contributed by atoms with E-state index in [-0.39, 0.29) is 36.7 Å². The highest BCUT2D eigenvalue weighted by Crippen LogP contribution is 2.45. The first-order chi connectivity index (χ1) is 13.6. The summed E-state index contributed by atoms with van der Waals surface area (Å²) < 4.78 is 10.8. The molecule has 2 aliphatic heterocycles. The molecule has 5 nitrogen and oxygen atoms in total. The van der Waals surface area contributed by atoms with Gasteiger partial charge in [-0.2, -0.15) is 0 Å². The number of benzene rings is 2. The van der Waals surface area contributed by atoms with Gasteiger partial charge >= 0.3 is 0 Å². The summed E-state index contributed by atoms with van der Waals surface area (Å²) in [5, 5.41) is 3.59. The van der Waals surface area contributed by atoms with E-state index in [4.69, 9.17) is 21.1 Å². The van der Waals surface area contributed by atoms with Gasteiger partial charge in [-0.05, 0) is 41.7 Å². The van der Waals surface area contributed by atoms with Crippen LogP contribution in [0.3, 0.4) is 0 Å². The number of Topliss-reactive ketones (excluding diaryl/α,β-unsaturated/α-hetero) is 1. The summed E-state index contributed by atoms with van der Waals surface area (Å²) >= 11 is 6.35. The highest BCUT2D eigenvalue weighted by molar-refractivity contribution is 6.31. The molecule has 0 aromatic heterocycles. The SMILES string of the molecule is O=C1C[C@@H](c2ccc3c(c2)OCO3)C2=C(C[C@@H](c3ccccc3Cl)CC2=O)N1. The number of allylic oxidation sites excluding steroid dienone is 2. The zero-order valence-electron chi connectivity index (χ0n) is 15.0. The zero-order chi connectivity index (χ0) is 19.3. The highest BCUT2D eigenvalue weighted by Gasteiger charge is 2.39. The van der Waals surface area contributed by atoms with Crippen LogP contribution in [0.15, 0.2) is 53.7 Å². The second-order valence-electron chi connectivity index (χ2n) is 7.36. The summed E-state index contributed by atoms with van der Waals surface area (Å²) in [6, 6.07) is 13.2. The number of amides is 1. The minimum atomic E-state index is -0.266. The fraction of sp³-hybridized carbons (Fsp3) is 0.273. The summed E-state index contributed by atoms with van der Waals surface area (Å²) in [4.78, 5) is 25.6. The summed E-state index contributed by atoms with van der Waals surface area (Å²) in [5.74, 6) is 1.03. The van der Waals surface area contributed by atoms with E-state index in [0.29, 0.717) is 34.9 Å². The van der Waals surface area contributed by atoms with Crippen LogP contribution in [0.4, 0.5) is 0 Å². The normalized spacial score (nSPS) is 23.5. The Hall–Kier alpha value is -2.79. The van der Waals surface area contributed by atoms with Crippen LogP contribution >= 0.6 is 11.6 Å². The number of fused-ring (bicyclic) bond motifs is 1. The average molecular weight is 396 g/mol. The molecule has 0 bridgehead atoms. The van der Waals surface area contributed by atoms with E-state index >= 15 is 0 Å². The van der Waals surface area contributed by atoms with Crippen molar-refractivity contribution in [3.63, 3.8) is 0 Å². The lowest BCUT2D eigenvalue weighted by Gasteiger charge is -2.34. The van der Waals surface area contributed by atoms with Gasteiger partial charge in [-0.1, -0.05) is 35.9 Å². The van der Waals surface area contributed by atoms with E-state index in [2.05, 4.69) is 5.32 Å². The Morgan fingerprint density at radius 1 is 0.964 bits per heavy atom. The number of halogens is 1. The van der Waals surface area contributed by atoms with Crippen molar-refractivity contribution in [1.29, 1.82) is 0 Å². The number of hydrogen-bond acceptors (Lipinski definition) is 4. The number of rotatable bonds is 2. The maximum Gasteiger partial charge on any atom is 0.231 e.